The Balaban J connectivity index is 2.04. The van der Waals surface area contributed by atoms with Gasteiger partial charge >= 0.3 is 11.9 Å². The fraction of sp³-hybridized carbons (Fsp3) is 0.656. The number of aromatic carboxylic acids is 1. The van der Waals surface area contributed by atoms with Gasteiger partial charge < -0.3 is 36.6 Å². The molecule has 0 saturated carbocycles. The maximum atomic E-state index is 12.2. The molecular formula is C32H52N4O8. The van der Waals surface area contributed by atoms with Crippen LogP contribution in [0.1, 0.15) is 114 Å². The summed E-state index contributed by atoms with van der Waals surface area (Å²) in [5.74, 6) is -2.24. The van der Waals surface area contributed by atoms with Gasteiger partial charge in [0.2, 0.25) is 17.7 Å². The lowest BCUT2D eigenvalue weighted by molar-refractivity contribution is -0.142. The normalized spacial score (nSPS) is 12.1. The molecule has 0 aromatic heterocycles. The zero-order valence-electron chi connectivity index (χ0n) is 26.1. The highest BCUT2D eigenvalue weighted by Crippen LogP contribution is 2.14. The number of hydrogen-bond donors (Lipinski definition) is 6. The summed E-state index contributed by atoms with van der Waals surface area (Å²) in [7, 11) is 0. The van der Waals surface area contributed by atoms with Crippen molar-refractivity contribution in [3.05, 3.63) is 29.8 Å². The number of carboxylic acids is 2. The van der Waals surface area contributed by atoms with Crippen LogP contribution in [-0.4, -0.2) is 71.7 Å². The van der Waals surface area contributed by atoms with E-state index in [9.17, 15) is 29.1 Å². The van der Waals surface area contributed by atoms with Gasteiger partial charge in [0.1, 0.15) is 11.8 Å². The van der Waals surface area contributed by atoms with Gasteiger partial charge in [-0.25, -0.2) is 9.59 Å². The number of carbonyl (C=O) groups excluding carboxylic acids is 3. The van der Waals surface area contributed by atoms with Gasteiger partial charge in [0, 0.05) is 25.9 Å². The van der Waals surface area contributed by atoms with Gasteiger partial charge in [-0.15, -0.1) is 0 Å². The molecule has 0 aliphatic heterocycles. The zero-order chi connectivity index (χ0) is 32.6. The van der Waals surface area contributed by atoms with Crippen molar-refractivity contribution in [3.63, 3.8) is 0 Å². The summed E-state index contributed by atoms with van der Waals surface area (Å²) >= 11 is 0. The molecule has 0 heterocycles. The second kappa shape index (κ2) is 23.7. The van der Waals surface area contributed by atoms with E-state index in [2.05, 4.69) is 16.0 Å². The van der Waals surface area contributed by atoms with Crippen LogP contribution in [-0.2, 0) is 19.2 Å². The molecule has 0 aliphatic rings. The van der Waals surface area contributed by atoms with Gasteiger partial charge in [0.05, 0.1) is 18.2 Å². The van der Waals surface area contributed by atoms with Gasteiger partial charge in [-0.1, -0.05) is 45.4 Å². The summed E-state index contributed by atoms with van der Waals surface area (Å²) in [4.78, 5) is 58.5. The Morgan fingerprint density at radius 1 is 0.750 bits per heavy atom. The zero-order valence-corrected chi connectivity index (χ0v) is 26.1. The first-order valence-electron chi connectivity index (χ1n) is 15.9. The molecule has 1 rings (SSSR count). The molecule has 0 unspecified atom stereocenters. The summed E-state index contributed by atoms with van der Waals surface area (Å²) in [6, 6.07) is 4.69. The Hall–Kier alpha value is -3.67. The average molecular weight is 621 g/mol. The molecular weight excluding hydrogens is 568 g/mol. The van der Waals surface area contributed by atoms with Crippen LogP contribution in [0.25, 0.3) is 0 Å². The van der Waals surface area contributed by atoms with Crippen molar-refractivity contribution in [1.29, 1.82) is 0 Å². The number of nitrogens with two attached hydrogens (primary N) is 1. The summed E-state index contributed by atoms with van der Waals surface area (Å²) in [6.07, 6.45) is 10.7. The first kappa shape index (κ1) is 38.4. The first-order chi connectivity index (χ1) is 21.1. The Morgan fingerprint density at radius 3 is 2.00 bits per heavy atom. The lowest BCUT2D eigenvalue weighted by atomic mass is 10.1. The van der Waals surface area contributed by atoms with Crippen LogP contribution < -0.4 is 26.4 Å². The number of carboxylic acid groups (broad SMARTS) is 2. The number of benzene rings is 1. The third-order valence-corrected chi connectivity index (χ3v) is 7.11. The molecule has 44 heavy (non-hydrogen) atoms. The third kappa shape index (κ3) is 18.8. The molecule has 0 bridgehead atoms. The minimum atomic E-state index is -1.16. The van der Waals surface area contributed by atoms with Crippen LogP contribution in [0.15, 0.2) is 24.3 Å². The topological polar surface area (TPSA) is 197 Å². The van der Waals surface area contributed by atoms with Crippen molar-refractivity contribution < 1.29 is 38.9 Å². The van der Waals surface area contributed by atoms with Crippen molar-refractivity contribution in [2.75, 3.05) is 19.7 Å². The quantitative estimate of drug-likeness (QED) is 0.0835. The van der Waals surface area contributed by atoms with Gasteiger partial charge in [0.15, 0.2) is 0 Å². The maximum Gasteiger partial charge on any atom is 0.335 e. The Kier molecular flexibility index (Phi) is 20.7. The van der Waals surface area contributed by atoms with Crippen molar-refractivity contribution in [2.24, 2.45) is 5.73 Å². The molecule has 1 aromatic rings. The van der Waals surface area contributed by atoms with Crippen molar-refractivity contribution in [2.45, 2.75) is 115 Å². The number of unbranched alkanes of at least 4 members (excludes halogenated alkanes) is 8. The van der Waals surface area contributed by atoms with Gasteiger partial charge in [-0.2, -0.15) is 0 Å². The van der Waals surface area contributed by atoms with Crippen LogP contribution >= 0.6 is 0 Å². The summed E-state index contributed by atoms with van der Waals surface area (Å²) in [6.45, 7) is 3.55. The summed E-state index contributed by atoms with van der Waals surface area (Å²) in [5, 5.41) is 26.4. The molecule has 12 nitrogen and oxygen atoms in total. The molecule has 7 N–H and O–H groups in total. The summed E-state index contributed by atoms with van der Waals surface area (Å²) < 4.78 is 5.64. The molecule has 0 aliphatic carbocycles. The Labute approximate surface area is 260 Å². The number of rotatable bonds is 26. The molecule has 248 valence electrons. The molecule has 1 aromatic carbocycles. The van der Waals surface area contributed by atoms with E-state index < -0.39 is 24.0 Å². The summed E-state index contributed by atoms with van der Waals surface area (Å²) in [5.41, 5.74) is 6.08. The van der Waals surface area contributed by atoms with E-state index in [1.807, 2.05) is 6.92 Å². The standard InChI is InChI=1S/C32H52N4O8/c1-2-21-35-30(39)26(33)13-10-11-22-34-28(37)20-19-27(32(42)43)36-29(38)14-9-7-5-3-4-6-8-12-23-44-25-17-15-24(16-18-25)31(40)41/h15-18,26-27H,2-14,19-23,33H2,1H3,(H,34,37)(H,35,39)(H,36,38)(H,40,41)(H,42,43)/t26-,27-/m0/s1. The fourth-order valence-electron chi connectivity index (χ4n) is 4.45. The monoisotopic (exact) mass is 620 g/mol. The number of hydrogen-bond acceptors (Lipinski definition) is 7. The number of nitrogens with one attached hydrogen (secondary N) is 3. The van der Waals surface area contributed by atoms with Crippen molar-refractivity contribution >= 4 is 29.7 Å². The highest BCUT2D eigenvalue weighted by Gasteiger charge is 2.21. The number of ether oxygens (including phenoxy) is 1. The van der Waals surface area contributed by atoms with Crippen LogP contribution in [0.5, 0.6) is 5.75 Å². The highest BCUT2D eigenvalue weighted by molar-refractivity contribution is 5.87. The van der Waals surface area contributed by atoms with E-state index in [-0.39, 0.29) is 42.5 Å². The fourth-order valence-corrected chi connectivity index (χ4v) is 4.45. The largest absolute Gasteiger partial charge is 0.494 e. The molecule has 0 saturated heterocycles. The molecule has 12 heteroatoms. The van der Waals surface area contributed by atoms with E-state index in [1.165, 1.54) is 12.1 Å². The maximum absolute atomic E-state index is 12.2. The molecule has 0 radical (unpaired) electrons. The van der Waals surface area contributed by atoms with E-state index in [0.717, 1.165) is 51.4 Å². The Morgan fingerprint density at radius 2 is 1.39 bits per heavy atom. The van der Waals surface area contributed by atoms with Crippen LogP contribution in [0, 0.1) is 0 Å². The molecule has 3 amide bonds. The lowest BCUT2D eigenvalue weighted by Gasteiger charge is -2.15. The predicted molar refractivity (Wildman–Crippen MR) is 167 cm³/mol. The van der Waals surface area contributed by atoms with E-state index in [0.29, 0.717) is 51.1 Å². The molecule has 0 fully saturated rings. The number of aliphatic carboxylic acids is 1. The van der Waals surface area contributed by atoms with Gasteiger partial charge in [-0.05, 0) is 69.2 Å². The smallest absolute Gasteiger partial charge is 0.335 e. The minimum Gasteiger partial charge on any atom is -0.494 e. The van der Waals surface area contributed by atoms with E-state index in [1.54, 1.807) is 12.1 Å². The SMILES string of the molecule is CCCNC(=O)[C@@H](N)CCCCNC(=O)CC[C@H](NC(=O)CCCCCCCCCCOc1ccc(C(=O)O)cc1)C(=O)O. The minimum absolute atomic E-state index is 0.0113. The van der Waals surface area contributed by atoms with Crippen LogP contribution in [0.3, 0.4) is 0 Å². The van der Waals surface area contributed by atoms with E-state index >= 15 is 0 Å². The molecule has 0 spiro atoms. The van der Waals surface area contributed by atoms with Crippen molar-refractivity contribution in [1.82, 2.24) is 16.0 Å². The van der Waals surface area contributed by atoms with Gasteiger partial charge in [-0.3, -0.25) is 14.4 Å². The number of carbonyl (C=O) groups is 5. The molecule has 2 atom stereocenters. The van der Waals surface area contributed by atoms with Gasteiger partial charge in [0.25, 0.3) is 0 Å². The van der Waals surface area contributed by atoms with Crippen molar-refractivity contribution in [3.8, 4) is 5.75 Å². The predicted octanol–water partition coefficient (Wildman–Crippen LogP) is 3.76. The Bertz CT molecular complexity index is 1000. The second-order valence-electron chi connectivity index (χ2n) is 11.0. The lowest BCUT2D eigenvalue weighted by Crippen LogP contribution is -2.41. The highest BCUT2D eigenvalue weighted by atomic mass is 16.5. The number of amides is 3. The third-order valence-electron chi connectivity index (χ3n) is 7.11. The average Bonchev–Trinajstić information content (AvgIpc) is 3.00. The first-order valence-corrected chi connectivity index (χ1v) is 15.9. The van der Waals surface area contributed by atoms with Crippen LogP contribution in [0.4, 0.5) is 0 Å². The van der Waals surface area contributed by atoms with Crippen LogP contribution in [0.2, 0.25) is 0 Å². The van der Waals surface area contributed by atoms with E-state index in [4.69, 9.17) is 15.6 Å². The second-order valence-corrected chi connectivity index (χ2v) is 11.0.